The van der Waals surface area contributed by atoms with Gasteiger partial charge < -0.3 is 30.1 Å². The van der Waals surface area contributed by atoms with E-state index < -0.39 is 40.5 Å². The number of nitrogens with zero attached hydrogens (tertiary/aromatic N) is 1. The molecule has 1 aliphatic heterocycles. The lowest BCUT2D eigenvalue weighted by Crippen LogP contribution is -2.58. The van der Waals surface area contributed by atoms with Crippen LogP contribution in [-0.2, 0) is 27.3 Å². The monoisotopic (exact) mass is 557 g/mol. The molecule has 10 heteroatoms. The number of hydrogen-bond acceptors (Lipinski definition) is 7. The molecule has 2 aromatic rings. The maximum atomic E-state index is 13.7. The third-order valence-corrected chi connectivity index (χ3v) is 7.69. The first kappa shape index (κ1) is 30.3. The Hall–Kier alpha value is -3.24. The van der Waals surface area contributed by atoms with Gasteiger partial charge in [0.1, 0.15) is 17.4 Å². The smallest absolute Gasteiger partial charge is 0.407 e. The third-order valence-electron chi connectivity index (χ3n) is 6.31. The second-order valence-electron chi connectivity index (χ2n) is 11.0. The molecule has 0 bridgehead atoms. The van der Waals surface area contributed by atoms with E-state index in [0.717, 1.165) is 11.1 Å². The SMILES string of the molecule is COc1cccc(CNC(=O)C2N(C(=O)C(O)C(Cc3ccccc3)NC(=O)OC(C)(C)C)CSC2(C)C)c1. The van der Waals surface area contributed by atoms with Crippen molar-refractivity contribution in [3.05, 3.63) is 65.7 Å². The van der Waals surface area contributed by atoms with E-state index in [0.29, 0.717) is 5.75 Å². The number of benzene rings is 2. The number of nitrogens with one attached hydrogen (secondary N) is 2. The van der Waals surface area contributed by atoms with E-state index in [1.807, 2.05) is 68.4 Å². The van der Waals surface area contributed by atoms with Crippen molar-refractivity contribution in [2.75, 3.05) is 13.0 Å². The van der Waals surface area contributed by atoms with Gasteiger partial charge in [-0.05, 0) is 64.3 Å². The Kier molecular flexibility index (Phi) is 9.90. The summed E-state index contributed by atoms with van der Waals surface area (Å²) >= 11 is 1.46. The third kappa shape index (κ3) is 8.37. The number of carbonyl (C=O) groups excluding carboxylic acids is 3. The molecule has 3 unspecified atom stereocenters. The predicted molar refractivity (Wildman–Crippen MR) is 151 cm³/mol. The summed E-state index contributed by atoms with van der Waals surface area (Å²) in [7, 11) is 1.58. The average molecular weight is 558 g/mol. The number of hydrogen-bond donors (Lipinski definition) is 3. The van der Waals surface area contributed by atoms with Crippen LogP contribution in [-0.4, -0.2) is 69.4 Å². The summed E-state index contributed by atoms with van der Waals surface area (Å²) in [6.45, 7) is 9.26. The second-order valence-corrected chi connectivity index (χ2v) is 12.6. The zero-order chi connectivity index (χ0) is 28.8. The first-order chi connectivity index (χ1) is 18.3. The lowest BCUT2D eigenvalue weighted by molar-refractivity contribution is -0.147. The average Bonchev–Trinajstić information content (AvgIpc) is 3.20. The zero-order valence-electron chi connectivity index (χ0n) is 23.4. The van der Waals surface area contributed by atoms with Crippen LogP contribution in [0.4, 0.5) is 4.79 Å². The number of carbonyl (C=O) groups is 3. The Morgan fingerprint density at radius 1 is 1.10 bits per heavy atom. The summed E-state index contributed by atoms with van der Waals surface area (Å²) in [5.41, 5.74) is 0.931. The number of amides is 3. The van der Waals surface area contributed by atoms with Gasteiger partial charge in [-0.2, -0.15) is 0 Å². The van der Waals surface area contributed by atoms with Crippen LogP contribution in [0.15, 0.2) is 54.6 Å². The molecule has 39 heavy (non-hydrogen) atoms. The molecule has 1 aliphatic rings. The van der Waals surface area contributed by atoms with Gasteiger partial charge in [-0.1, -0.05) is 42.5 Å². The molecule has 0 saturated carbocycles. The van der Waals surface area contributed by atoms with Crippen LogP contribution in [0.1, 0.15) is 45.7 Å². The highest BCUT2D eigenvalue weighted by Crippen LogP contribution is 2.40. The summed E-state index contributed by atoms with van der Waals surface area (Å²) < 4.78 is 10.0. The summed E-state index contributed by atoms with van der Waals surface area (Å²) in [6.07, 6.45) is -2.13. The van der Waals surface area contributed by atoms with E-state index in [2.05, 4.69) is 10.6 Å². The first-order valence-corrected chi connectivity index (χ1v) is 13.9. The fourth-order valence-electron chi connectivity index (χ4n) is 4.39. The highest BCUT2D eigenvalue weighted by Gasteiger charge is 2.49. The standard InChI is InChI=1S/C29H39N3O6S/c1-28(2,3)38-27(36)31-22(16-19-11-8-7-9-12-19)23(33)26(35)32-18-39-29(4,5)24(32)25(34)30-17-20-13-10-14-21(15-20)37-6/h7-15,22-24,33H,16-18H2,1-6H3,(H,30,34)(H,31,36). The van der Waals surface area contributed by atoms with Crippen LogP contribution >= 0.6 is 11.8 Å². The molecule has 0 spiro atoms. The van der Waals surface area contributed by atoms with Gasteiger partial charge >= 0.3 is 6.09 Å². The van der Waals surface area contributed by atoms with Crippen LogP contribution in [0.3, 0.4) is 0 Å². The molecule has 3 rings (SSSR count). The maximum Gasteiger partial charge on any atom is 0.407 e. The van der Waals surface area contributed by atoms with Gasteiger partial charge in [-0.25, -0.2) is 4.79 Å². The summed E-state index contributed by atoms with van der Waals surface area (Å²) in [6, 6.07) is 14.8. The molecule has 9 nitrogen and oxygen atoms in total. The van der Waals surface area contributed by atoms with E-state index in [9.17, 15) is 19.5 Å². The van der Waals surface area contributed by atoms with Crippen LogP contribution in [0.5, 0.6) is 5.75 Å². The number of alkyl carbamates (subject to hydrolysis) is 1. The van der Waals surface area contributed by atoms with Gasteiger partial charge in [-0.3, -0.25) is 9.59 Å². The second kappa shape index (κ2) is 12.7. The van der Waals surface area contributed by atoms with Crippen molar-refractivity contribution in [1.82, 2.24) is 15.5 Å². The molecule has 1 heterocycles. The Bertz CT molecular complexity index is 1150. The largest absolute Gasteiger partial charge is 0.497 e. The van der Waals surface area contributed by atoms with Gasteiger partial charge in [0.05, 0.1) is 19.0 Å². The number of methoxy groups -OCH3 is 1. The quantitative estimate of drug-likeness (QED) is 0.432. The van der Waals surface area contributed by atoms with Crippen molar-refractivity contribution >= 4 is 29.7 Å². The first-order valence-electron chi connectivity index (χ1n) is 12.9. The van der Waals surface area contributed by atoms with Crippen molar-refractivity contribution in [1.29, 1.82) is 0 Å². The molecular formula is C29H39N3O6S. The number of ether oxygens (including phenoxy) is 2. The molecule has 0 aromatic heterocycles. The highest BCUT2D eigenvalue weighted by atomic mass is 32.2. The molecule has 3 N–H and O–H groups in total. The number of aliphatic hydroxyl groups is 1. The van der Waals surface area contributed by atoms with Gasteiger partial charge in [0.15, 0.2) is 6.10 Å². The van der Waals surface area contributed by atoms with Crippen LogP contribution in [0.2, 0.25) is 0 Å². The van der Waals surface area contributed by atoms with Crippen molar-refractivity contribution in [3.63, 3.8) is 0 Å². The Balaban J connectivity index is 1.78. The lowest BCUT2D eigenvalue weighted by Gasteiger charge is -2.33. The number of thioether (sulfide) groups is 1. The van der Waals surface area contributed by atoms with Gasteiger partial charge in [-0.15, -0.1) is 11.8 Å². The lowest BCUT2D eigenvalue weighted by atomic mass is 9.97. The maximum absolute atomic E-state index is 13.7. The fourth-order valence-corrected chi connectivity index (χ4v) is 5.53. The molecule has 1 saturated heterocycles. The number of aliphatic hydroxyl groups excluding tert-OH is 1. The zero-order valence-corrected chi connectivity index (χ0v) is 24.2. The van der Waals surface area contributed by atoms with E-state index >= 15 is 0 Å². The minimum atomic E-state index is -1.60. The predicted octanol–water partition coefficient (Wildman–Crippen LogP) is 3.49. The Morgan fingerprint density at radius 2 is 1.77 bits per heavy atom. The van der Waals surface area contributed by atoms with E-state index in [1.54, 1.807) is 27.9 Å². The molecule has 3 amide bonds. The van der Waals surface area contributed by atoms with Crippen molar-refractivity contribution in [2.24, 2.45) is 0 Å². The van der Waals surface area contributed by atoms with E-state index in [1.165, 1.54) is 16.7 Å². The number of rotatable bonds is 9. The van der Waals surface area contributed by atoms with Gasteiger partial charge in [0.25, 0.3) is 5.91 Å². The molecular weight excluding hydrogens is 518 g/mol. The van der Waals surface area contributed by atoms with Crippen LogP contribution < -0.4 is 15.4 Å². The minimum Gasteiger partial charge on any atom is -0.497 e. The van der Waals surface area contributed by atoms with Crippen molar-refractivity contribution in [2.45, 2.75) is 76.1 Å². The van der Waals surface area contributed by atoms with E-state index in [-0.39, 0.29) is 24.7 Å². The molecule has 0 radical (unpaired) electrons. The molecule has 0 aliphatic carbocycles. The summed E-state index contributed by atoms with van der Waals surface area (Å²) in [4.78, 5) is 41.1. The molecule has 212 valence electrons. The normalized spacial score (nSPS) is 18.1. The van der Waals surface area contributed by atoms with Crippen LogP contribution in [0, 0.1) is 0 Å². The van der Waals surface area contributed by atoms with Crippen molar-refractivity contribution < 1.29 is 29.0 Å². The van der Waals surface area contributed by atoms with Gasteiger partial charge in [0, 0.05) is 11.3 Å². The molecule has 1 fully saturated rings. The Labute approximate surface area is 234 Å². The van der Waals surface area contributed by atoms with Crippen molar-refractivity contribution in [3.8, 4) is 5.75 Å². The molecule has 2 aromatic carbocycles. The summed E-state index contributed by atoms with van der Waals surface area (Å²) in [5.74, 6) is -0.0509. The fraction of sp³-hybridized carbons (Fsp3) is 0.483. The molecule has 3 atom stereocenters. The van der Waals surface area contributed by atoms with E-state index in [4.69, 9.17) is 9.47 Å². The minimum absolute atomic E-state index is 0.198. The topological polar surface area (TPSA) is 117 Å². The van der Waals surface area contributed by atoms with Gasteiger partial charge in [0.2, 0.25) is 5.91 Å². The van der Waals surface area contributed by atoms with Crippen LogP contribution in [0.25, 0.3) is 0 Å². The Morgan fingerprint density at radius 3 is 2.41 bits per heavy atom. The highest BCUT2D eigenvalue weighted by molar-refractivity contribution is 8.00. The summed E-state index contributed by atoms with van der Waals surface area (Å²) in [5, 5.41) is 16.9.